The van der Waals surface area contributed by atoms with Gasteiger partial charge in [0.2, 0.25) is 5.91 Å². The van der Waals surface area contributed by atoms with Crippen LogP contribution in [0.25, 0.3) is 0 Å². The molecule has 0 radical (unpaired) electrons. The predicted octanol–water partition coefficient (Wildman–Crippen LogP) is 2.97. The lowest BCUT2D eigenvalue weighted by Gasteiger charge is -2.11. The normalized spacial score (nSPS) is 11.6. The molecule has 7 heteroatoms. The van der Waals surface area contributed by atoms with Gasteiger partial charge in [-0.15, -0.1) is 11.3 Å². The Morgan fingerprint density at radius 3 is 2.44 bits per heavy atom. The first-order chi connectivity index (χ1) is 13.0. The lowest BCUT2D eigenvalue weighted by Crippen LogP contribution is -2.24. The lowest BCUT2D eigenvalue weighted by atomic mass is 10.1. The fourth-order valence-corrected chi connectivity index (χ4v) is 3.22. The van der Waals surface area contributed by atoms with Crippen molar-refractivity contribution < 1.29 is 19.4 Å². The molecule has 0 spiro atoms. The van der Waals surface area contributed by atoms with Crippen molar-refractivity contribution in [1.82, 2.24) is 4.98 Å². The summed E-state index contributed by atoms with van der Waals surface area (Å²) in [6.07, 6.45) is -0.256. The fourth-order valence-electron chi connectivity index (χ4n) is 2.34. The molecule has 1 heterocycles. The summed E-state index contributed by atoms with van der Waals surface area (Å²) in [6.45, 7) is 1.73. The van der Waals surface area contributed by atoms with E-state index < -0.39 is 11.9 Å². The molecule has 1 amide bonds. The molecule has 0 saturated carbocycles. The zero-order valence-corrected chi connectivity index (χ0v) is 15.4. The number of anilines is 1. The molecule has 27 heavy (non-hydrogen) atoms. The number of hydrogen-bond acceptors (Lipinski definition) is 6. The second-order valence-corrected chi connectivity index (χ2v) is 6.77. The second-order valence-electron chi connectivity index (χ2n) is 5.88. The number of amides is 1. The number of benzene rings is 2. The van der Waals surface area contributed by atoms with Crippen molar-refractivity contribution in [3.8, 4) is 11.5 Å². The number of para-hydroxylation sites is 1. The maximum Gasteiger partial charge on any atom is 0.234 e. The molecule has 138 valence electrons. The van der Waals surface area contributed by atoms with E-state index in [2.05, 4.69) is 10.3 Å². The number of carbonyl (C=O) groups excluding carboxylic acids is 2. The third kappa shape index (κ3) is 5.15. The van der Waals surface area contributed by atoms with E-state index in [1.807, 2.05) is 30.3 Å². The molecule has 1 N–H and O–H groups in total. The van der Waals surface area contributed by atoms with Crippen molar-refractivity contribution >= 4 is 28.9 Å². The second kappa shape index (κ2) is 8.46. The van der Waals surface area contributed by atoms with E-state index in [1.165, 1.54) is 11.3 Å². The highest BCUT2D eigenvalue weighted by Crippen LogP contribution is 2.25. The van der Waals surface area contributed by atoms with E-state index in [9.17, 15) is 14.7 Å². The minimum Gasteiger partial charge on any atom is -0.550 e. The van der Waals surface area contributed by atoms with Gasteiger partial charge < -0.3 is 20.0 Å². The number of carboxylic acids is 1. The number of rotatable bonds is 7. The van der Waals surface area contributed by atoms with Gasteiger partial charge in [-0.3, -0.25) is 4.79 Å². The van der Waals surface area contributed by atoms with Crippen LogP contribution in [0.15, 0.2) is 60.0 Å². The van der Waals surface area contributed by atoms with Crippen LogP contribution in [-0.2, 0) is 16.0 Å². The predicted molar refractivity (Wildman–Crippen MR) is 101 cm³/mol. The molecule has 6 nitrogen and oxygen atoms in total. The zero-order chi connectivity index (χ0) is 19.2. The van der Waals surface area contributed by atoms with Crippen molar-refractivity contribution in [3.63, 3.8) is 0 Å². The van der Waals surface area contributed by atoms with E-state index in [1.54, 1.807) is 36.6 Å². The fraction of sp³-hybridized carbons (Fsp3) is 0.150. The number of nitrogens with zero attached hydrogens (tertiary/aromatic N) is 1. The van der Waals surface area contributed by atoms with Gasteiger partial charge >= 0.3 is 0 Å². The largest absolute Gasteiger partial charge is 0.550 e. The Hall–Kier alpha value is -3.19. The van der Waals surface area contributed by atoms with Gasteiger partial charge in [-0.2, -0.15) is 0 Å². The van der Waals surface area contributed by atoms with E-state index in [0.717, 1.165) is 5.75 Å². The third-order valence-electron chi connectivity index (χ3n) is 3.76. The summed E-state index contributed by atoms with van der Waals surface area (Å²) in [6, 6.07) is 16.5. The van der Waals surface area contributed by atoms with Gasteiger partial charge in [0.15, 0.2) is 0 Å². The molecule has 1 aromatic heterocycles. The first-order valence-corrected chi connectivity index (χ1v) is 9.17. The first-order valence-electron chi connectivity index (χ1n) is 8.29. The van der Waals surface area contributed by atoms with Gasteiger partial charge in [0.05, 0.1) is 11.6 Å². The summed E-state index contributed by atoms with van der Waals surface area (Å²) in [7, 11) is 0. The average Bonchev–Trinajstić information content (AvgIpc) is 3.11. The number of hydrogen-bond donors (Lipinski definition) is 1. The summed E-state index contributed by atoms with van der Waals surface area (Å²) in [4.78, 5) is 27.2. The number of aromatic nitrogens is 1. The minimum atomic E-state index is -1.19. The van der Waals surface area contributed by atoms with Gasteiger partial charge in [0.25, 0.3) is 0 Å². The van der Waals surface area contributed by atoms with Crippen LogP contribution in [0.5, 0.6) is 11.5 Å². The molecule has 0 aliphatic carbocycles. The number of carboxylic acid groups (broad SMARTS) is 1. The van der Waals surface area contributed by atoms with Gasteiger partial charge in [0.1, 0.15) is 16.5 Å². The topological polar surface area (TPSA) is 91.3 Å². The van der Waals surface area contributed by atoms with Gasteiger partial charge in [-0.1, -0.05) is 18.2 Å². The van der Waals surface area contributed by atoms with Crippen LogP contribution >= 0.6 is 11.3 Å². The van der Waals surface area contributed by atoms with Crippen LogP contribution in [0.3, 0.4) is 0 Å². The summed E-state index contributed by atoms with van der Waals surface area (Å²) in [5, 5.41) is 15.6. The van der Waals surface area contributed by atoms with Crippen LogP contribution in [0.1, 0.15) is 23.5 Å². The molecule has 0 fully saturated rings. The molecule has 2 aromatic carbocycles. The summed E-state index contributed by atoms with van der Waals surface area (Å²) in [5.74, 6) is -0.508. The monoisotopic (exact) mass is 381 g/mol. The highest BCUT2D eigenvalue weighted by molar-refractivity contribution is 7.09. The van der Waals surface area contributed by atoms with Gasteiger partial charge in [-0.25, -0.2) is 4.98 Å². The SMILES string of the molecule is C[C@@H](C(=O)Nc1ccc(Oc2ccccc2)cc1)c1nc(CC(=O)[O-])cs1. The molecule has 1 atom stereocenters. The summed E-state index contributed by atoms with van der Waals surface area (Å²) in [5.41, 5.74) is 1.04. The molecule has 0 saturated heterocycles. The Balaban J connectivity index is 1.60. The van der Waals surface area contributed by atoms with Crippen LogP contribution in [0, 0.1) is 0 Å². The number of carbonyl (C=O) groups is 2. The summed E-state index contributed by atoms with van der Waals surface area (Å²) < 4.78 is 5.72. The van der Waals surface area contributed by atoms with E-state index in [-0.39, 0.29) is 12.3 Å². The zero-order valence-electron chi connectivity index (χ0n) is 14.5. The van der Waals surface area contributed by atoms with E-state index in [4.69, 9.17) is 4.74 Å². The van der Waals surface area contributed by atoms with Crippen molar-refractivity contribution in [2.75, 3.05) is 5.32 Å². The molecular formula is C20H17N2O4S-. The maximum absolute atomic E-state index is 12.4. The van der Waals surface area contributed by atoms with Crippen molar-refractivity contribution in [3.05, 3.63) is 70.7 Å². The standard InChI is InChI=1S/C20H18N2O4S/c1-13(20-22-15(12-27-20)11-18(23)24)19(25)21-14-7-9-17(10-8-14)26-16-5-3-2-4-6-16/h2-10,12-13H,11H2,1H3,(H,21,25)(H,23,24)/p-1/t13-/m0/s1. The van der Waals surface area contributed by atoms with Crippen LogP contribution in [0.2, 0.25) is 0 Å². The lowest BCUT2D eigenvalue weighted by molar-refractivity contribution is -0.304. The quantitative estimate of drug-likeness (QED) is 0.679. The molecule has 0 unspecified atom stereocenters. The maximum atomic E-state index is 12.4. The number of thiazole rings is 1. The smallest absolute Gasteiger partial charge is 0.234 e. The molecule has 3 aromatic rings. The molecule has 0 aliphatic rings. The highest BCUT2D eigenvalue weighted by atomic mass is 32.1. The Kier molecular flexibility index (Phi) is 5.83. The molecule has 3 rings (SSSR count). The van der Waals surface area contributed by atoms with Crippen molar-refractivity contribution in [2.45, 2.75) is 19.3 Å². The Morgan fingerprint density at radius 2 is 1.78 bits per heavy atom. The highest BCUT2D eigenvalue weighted by Gasteiger charge is 2.19. The minimum absolute atomic E-state index is 0.221. The number of ether oxygens (including phenoxy) is 1. The van der Waals surface area contributed by atoms with Crippen molar-refractivity contribution in [2.24, 2.45) is 0 Å². The Bertz CT molecular complexity index is 923. The molecule has 0 bridgehead atoms. The van der Waals surface area contributed by atoms with Gasteiger partial charge in [0, 0.05) is 23.5 Å². The van der Waals surface area contributed by atoms with E-state index in [0.29, 0.717) is 22.1 Å². The summed E-state index contributed by atoms with van der Waals surface area (Å²) >= 11 is 1.26. The number of aliphatic carboxylic acids is 1. The Morgan fingerprint density at radius 1 is 1.11 bits per heavy atom. The van der Waals surface area contributed by atoms with Gasteiger partial charge in [-0.05, 0) is 43.3 Å². The van der Waals surface area contributed by atoms with Crippen molar-refractivity contribution in [1.29, 1.82) is 0 Å². The van der Waals surface area contributed by atoms with E-state index >= 15 is 0 Å². The van der Waals surface area contributed by atoms with Crippen LogP contribution in [-0.4, -0.2) is 16.9 Å². The third-order valence-corrected chi connectivity index (χ3v) is 4.84. The molecular weight excluding hydrogens is 364 g/mol. The Labute approximate surface area is 160 Å². The average molecular weight is 381 g/mol. The van der Waals surface area contributed by atoms with Crippen LogP contribution < -0.4 is 15.2 Å². The molecule has 0 aliphatic heterocycles. The number of nitrogens with one attached hydrogen (secondary N) is 1. The first kappa shape index (κ1) is 18.6. The van der Waals surface area contributed by atoms with Crippen LogP contribution in [0.4, 0.5) is 5.69 Å².